The number of halogens is 1. The Hall–Kier alpha value is -2.78. The second kappa shape index (κ2) is 10.5. The van der Waals surface area contributed by atoms with Gasteiger partial charge >= 0.3 is 5.97 Å². The molecule has 3 rings (SSSR count). The SMILES string of the molecule is CCOc1cc(/C=C2/SC(=Nc3ccccc3Br)NC2=O)ccc1OC(CC)C(=O)O. The number of thioether (sulfide) groups is 1. The fraction of sp³-hybridized carbons (Fsp3) is 0.227. The average Bonchev–Trinajstić information content (AvgIpc) is 3.08. The van der Waals surface area contributed by atoms with Crippen molar-refractivity contribution in [2.75, 3.05) is 6.61 Å². The first kappa shape index (κ1) is 22.9. The molecule has 1 amide bonds. The molecule has 1 unspecified atom stereocenters. The predicted molar refractivity (Wildman–Crippen MR) is 125 cm³/mol. The number of nitrogens with zero attached hydrogens (tertiary/aromatic N) is 1. The highest BCUT2D eigenvalue weighted by Gasteiger charge is 2.24. The molecule has 9 heteroatoms. The van der Waals surface area contributed by atoms with E-state index in [0.29, 0.717) is 34.6 Å². The summed E-state index contributed by atoms with van der Waals surface area (Å²) in [4.78, 5) is 28.6. The van der Waals surface area contributed by atoms with Gasteiger partial charge in [0.2, 0.25) is 0 Å². The highest BCUT2D eigenvalue weighted by Crippen LogP contribution is 2.34. The fourth-order valence-corrected chi connectivity index (χ4v) is 3.93. The van der Waals surface area contributed by atoms with E-state index in [0.717, 1.165) is 15.7 Å². The van der Waals surface area contributed by atoms with Crippen molar-refractivity contribution in [1.82, 2.24) is 5.32 Å². The molecule has 1 aliphatic rings. The first-order valence-corrected chi connectivity index (χ1v) is 11.2. The zero-order valence-electron chi connectivity index (χ0n) is 16.9. The Morgan fingerprint density at radius 3 is 2.71 bits per heavy atom. The minimum Gasteiger partial charge on any atom is -0.490 e. The predicted octanol–water partition coefficient (Wildman–Crippen LogP) is 4.98. The number of aliphatic imine (C=N–C) groups is 1. The molecule has 0 aliphatic carbocycles. The molecular formula is C22H21BrN2O5S. The van der Waals surface area contributed by atoms with Gasteiger partial charge in [-0.3, -0.25) is 4.79 Å². The number of hydrogen-bond acceptors (Lipinski definition) is 6. The number of ether oxygens (including phenoxy) is 2. The minimum absolute atomic E-state index is 0.244. The summed E-state index contributed by atoms with van der Waals surface area (Å²) in [5.41, 5.74) is 1.44. The standard InChI is InChI=1S/C22H21BrN2O5S/c1-3-16(21(27)28)30-17-10-9-13(11-18(17)29-4-2)12-19-20(26)25-22(31-19)24-15-8-6-5-7-14(15)23/h5-12,16H,3-4H2,1-2H3,(H,27,28)(H,24,25,26)/b19-12+. The third-order valence-corrected chi connectivity index (χ3v) is 5.79. The maximum absolute atomic E-state index is 12.4. The lowest BCUT2D eigenvalue weighted by Gasteiger charge is -2.16. The molecule has 1 atom stereocenters. The number of nitrogens with one attached hydrogen (secondary N) is 1. The molecule has 1 fully saturated rings. The van der Waals surface area contributed by atoms with Crippen LogP contribution in [0.1, 0.15) is 25.8 Å². The van der Waals surface area contributed by atoms with Crippen LogP contribution in [0.3, 0.4) is 0 Å². The molecule has 162 valence electrons. The Kier molecular flexibility index (Phi) is 7.75. The molecule has 0 saturated carbocycles. The van der Waals surface area contributed by atoms with Crippen LogP contribution in [0.15, 0.2) is 56.8 Å². The molecule has 2 aromatic rings. The van der Waals surface area contributed by atoms with Gasteiger partial charge in [0.05, 0.1) is 17.2 Å². The topological polar surface area (TPSA) is 97.2 Å². The Balaban J connectivity index is 1.84. The molecule has 2 N–H and O–H groups in total. The van der Waals surface area contributed by atoms with Gasteiger partial charge in [0, 0.05) is 4.47 Å². The van der Waals surface area contributed by atoms with E-state index < -0.39 is 12.1 Å². The van der Waals surface area contributed by atoms with Crippen molar-refractivity contribution in [3.63, 3.8) is 0 Å². The molecule has 1 aliphatic heterocycles. The van der Waals surface area contributed by atoms with E-state index in [9.17, 15) is 14.7 Å². The molecule has 0 aromatic heterocycles. The Bertz CT molecular complexity index is 1050. The van der Waals surface area contributed by atoms with Crippen LogP contribution < -0.4 is 14.8 Å². The van der Waals surface area contributed by atoms with Gasteiger partial charge in [-0.1, -0.05) is 25.1 Å². The maximum Gasteiger partial charge on any atom is 0.344 e. The van der Waals surface area contributed by atoms with Crippen LogP contribution in [0.5, 0.6) is 11.5 Å². The first-order valence-electron chi connectivity index (χ1n) is 9.61. The Morgan fingerprint density at radius 1 is 1.26 bits per heavy atom. The number of amidine groups is 1. The second-order valence-electron chi connectivity index (χ2n) is 6.43. The van der Waals surface area contributed by atoms with Crippen LogP contribution in [0, 0.1) is 0 Å². The summed E-state index contributed by atoms with van der Waals surface area (Å²) >= 11 is 4.68. The van der Waals surface area contributed by atoms with Crippen LogP contribution in [-0.4, -0.2) is 34.9 Å². The van der Waals surface area contributed by atoms with Crippen molar-refractivity contribution in [3.8, 4) is 11.5 Å². The highest BCUT2D eigenvalue weighted by molar-refractivity contribution is 9.10. The summed E-state index contributed by atoms with van der Waals surface area (Å²) in [5, 5.41) is 12.5. The van der Waals surface area contributed by atoms with Crippen molar-refractivity contribution >= 4 is 56.5 Å². The summed E-state index contributed by atoms with van der Waals surface area (Å²) in [6.07, 6.45) is 1.09. The van der Waals surface area contributed by atoms with Crippen molar-refractivity contribution in [2.24, 2.45) is 4.99 Å². The Morgan fingerprint density at radius 2 is 2.03 bits per heavy atom. The van der Waals surface area contributed by atoms with Gasteiger partial charge in [0.1, 0.15) is 0 Å². The van der Waals surface area contributed by atoms with Crippen molar-refractivity contribution in [1.29, 1.82) is 0 Å². The summed E-state index contributed by atoms with van der Waals surface area (Å²) in [5.74, 6) is -0.516. The van der Waals surface area contributed by atoms with Gasteiger partial charge in [-0.15, -0.1) is 0 Å². The van der Waals surface area contributed by atoms with Crippen LogP contribution in [0.2, 0.25) is 0 Å². The number of benzene rings is 2. The molecule has 31 heavy (non-hydrogen) atoms. The smallest absolute Gasteiger partial charge is 0.344 e. The number of rotatable bonds is 8. The van der Waals surface area contributed by atoms with Gasteiger partial charge < -0.3 is 19.9 Å². The Labute approximate surface area is 192 Å². The number of carboxylic acid groups (broad SMARTS) is 1. The molecule has 0 bridgehead atoms. The molecule has 2 aromatic carbocycles. The number of carbonyl (C=O) groups is 2. The second-order valence-corrected chi connectivity index (χ2v) is 8.31. The van der Waals surface area contributed by atoms with Crippen LogP contribution >= 0.6 is 27.7 Å². The largest absolute Gasteiger partial charge is 0.490 e. The molecule has 1 saturated heterocycles. The molecule has 0 radical (unpaired) electrons. The number of hydrogen-bond donors (Lipinski definition) is 2. The third-order valence-electron chi connectivity index (χ3n) is 4.21. The van der Waals surface area contributed by atoms with E-state index in [1.165, 1.54) is 11.8 Å². The molecular weight excluding hydrogens is 484 g/mol. The van der Waals surface area contributed by atoms with E-state index in [1.807, 2.05) is 31.2 Å². The summed E-state index contributed by atoms with van der Waals surface area (Å²) in [6, 6.07) is 12.6. The zero-order valence-corrected chi connectivity index (χ0v) is 19.3. The number of para-hydroxylation sites is 1. The van der Waals surface area contributed by atoms with Gasteiger partial charge in [-0.2, -0.15) is 0 Å². The zero-order chi connectivity index (χ0) is 22.4. The van der Waals surface area contributed by atoms with E-state index in [-0.39, 0.29) is 5.91 Å². The van der Waals surface area contributed by atoms with Gasteiger partial charge in [0.25, 0.3) is 5.91 Å². The number of amides is 1. The lowest BCUT2D eigenvalue weighted by Crippen LogP contribution is -2.26. The van der Waals surface area contributed by atoms with Crippen LogP contribution in [0.25, 0.3) is 6.08 Å². The monoisotopic (exact) mass is 504 g/mol. The van der Waals surface area contributed by atoms with E-state index >= 15 is 0 Å². The first-order chi connectivity index (χ1) is 14.9. The maximum atomic E-state index is 12.4. The molecule has 1 heterocycles. The molecule has 0 spiro atoms. The van der Waals surface area contributed by atoms with Gasteiger partial charge in [0.15, 0.2) is 22.8 Å². The third kappa shape index (κ3) is 5.89. The normalized spacial score (nSPS) is 16.9. The molecule has 7 nitrogen and oxygen atoms in total. The van der Waals surface area contributed by atoms with Crippen molar-refractivity contribution < 1.29 is 24.2 Å². The number of carboxylic acids is 1. The van der Waals surface area contributed by atoms with E-state index in [4.69, 9.17) is 9.47 Å². The number of aliphatic carboxylic acids is 1. The van der Waals surface area contributed by atoms with Crippen molar-refractivity contribution in [3.05, 3.63) is 57.4 Å². The van der Waals surface area contributed by atoms with Gasteiger partial charge in [-0.25, -0.2) is 9.79 Å². The average molecular weight is 505 g/mol. The minimum atomic E-state index is -1.04. The summed E-state index contributed by atoms with van der Waals surface area (Å²) in [6.45, 7) is 3.95. The quantitative estimate of drug-likeness (QED) is 0.492. The van der Waals surface area contributed by atoms with Gasteiger partial charge in [-0.05, 0) is 76.9 Å². The number of carbonyl (C=O) groups excluding carboxylic acids is 1. The van der Waals surface area contributed by atoms with Crippen LogP contribution in [-0.2, 0) is 9.59 Å². The summed E-state index contributed by atoms with van der Waals surface area (Å²) < 4.78 is 12.1. The lowest BCUT2D eigenvalue weighted by molar-refractivity contribution is -0.145. The van der Waals surface area contributed by atoms with E-state index in [1.54, 1.807) is 31.2 Å². The van der Waals surface area contributed by atoms with Crippen molar-refractivity contribution in [2.45, 2.75) is 26.4 Å². The highest BCUT2D eigenvalue weighted by atomic mass is 79.9. The lowest BCUT2D eigenvalue weighted by atomic mass is 10.1. The fourth-order valence-electron chi connectivity index (χ4n) is 2.73. The summed E-state index contributed by atoms with van der Waals surface area (Å²) in [7, 11) is 0. The van der Waals surface area contributed by atoms with Crippen LogP contribution in [0.4, 0.5) is 5.69 Å². The van der Waals surface area contributed by atoms with E-state index in [2.05, 4.69) is 26.2 Å².